The topological polar surface area (TPSA) is 118 Å². The van der Waals surface area contributed by atoms with Crippen LogP contribution < -0.4 is 15.0 Å². The Morgan fingerprint density at radius 3 is 2.44 bits per heavy atom. The van der Waals surface area contributed by atoms with E-state index in [1.807, 2.05) is 18.3 Å². The van der Waals surface area contributed by atoms with E-state index in [1.54, 1.807) is 12.1 Å². The van der Waals surface area contributed by atoms with Crippen molar-refractivity contribution in [2.75, 3.05) is 44.2 Å². The maximum absolute atomic E-state index is 11.9. The van der Waals surface area contributed by atoms with E-state index >= 15 is 0 Å². The standard InChI is InChI=1S/C32H37N7O4/c40-17-14-33-32(41)43-25-8-6-23(7-9-25)29-35-30(38-20-26-10-11-27(21-38)42-26)28-18-34-39(31(28)36-29)24-12-15-37(16-13-24)19-22-4-2-1-3-5-22/h1-9,18,24,26-27,40H,10-17,19-21H2,(H,33,41). The van der Waals surface area contributed by atoms with Gasteiger partial charge in [-0.1, -0.05) is 30.3 Å². The van der Waals surface area contributed by atoms with E-state index in [2.05, 4.69) is 50.1 Å². The Kier molecular flexibility index (Phi) is 7.92. The second-order valence-electron chi connectivity index (χ2n) is 11.6. The summed E-state index contributed by atoms with van der Waals surface area (Å²) in [5.74, 6) is 1.91. The summed E-state index contributed by atoms with van der Waals surface area (Å²) >= 11 is 0. The smallest absolute Gasteiger partial charge is 0.410 e. The lowest BCUT2D eigenvalue weighted by atomic mass is 10.0. The summed E-state index contributed by atoms with van der Waals surface area (Å²) in [5, 5.41) is 17.3. The molecule has 2 bridgehead atoms. The number of piperidine rings is 1. The lowest BCUT2D eigenvalue weighted by molar-refractivity contribution is 0.0303. The number of aliphatic hydroxyl groups is 1. The Bertz CT molecular complexity index is 1540. The fourth-order valence-electron chi connectivity index (χ4n) is 6.47. The molecule has 0 aliphatic carbocycles. The summed E-state index contributed by atoms with van der Waals surface area (Å²) in [6.45, 7) is 4.58. The molecule has 2 N–H and O–H groups in total. The van der Waals surface area contributed by atoms with Gasteiger partial charge in [0, 0.05) is 44.8 Å². The Morgan fingerprint density at radius 2 is 1.72 bits per heavy atom. The number of carbonyl (C=O) groups excluding carboxylic acids is 1. The van der Waals surface area contributed by atoms with E-state index < -0.39 is 6.09 Å². The minimum absolute atomic E-state index is 0.135. The quantitative estimate of drug-likeness (QED) is 0.320. The number of carbonyl (C=O) groups is 1. The van der Waals surface area contributed by atoms with Crippen molar-refractivity contribution in [3.05, 3.63) is 66.4 Å². The molecule has 11 heteroatoms. The first-order chi connectivity index (χ1) is 21.1. The number of amides is 1. The molecule has 11 nitrogen and oxygen atoms in total. The maximum atomic E-state index is 11.9. The van der Waals surface area contributed by atoms with Gasteiger partial charge < -0.3 is 24.8 Å². The molecule has 3 saturated heterocycles. The number of benzene rings is 2. The Balaban J connectivity index is 1.16. The second-order valence-corrected chi connectivity index (χ2v) is 11.6. The van der Waals surface area contributed by atoms with Crippen LogP contribution in [-0.4, -0.2) is 87.4 Å². The molecule has 3 fully saturated rings. The average molecular weight is 584 g/mol. The summed E-state index contributed by atoms with van der Waals surface area (Å²) in [6.07, 6.45) is 5.95. The minimum Gasteiger partial charge on any atom is -0.410 e. The monoisotopic (exact) mass is 583 g/mol. The fourth-order valence-corrected chi connectivity index (χ4v) is 6.47. The molecule has 2 aromatic carbocycles. The van der Waals surface area contributed by atoms with Crippen LogP contribution in [0.15, 0.2) is 60.8 Å². The van der Waals surface area contributed by atoms with Crippen molar-refractivity contribution >= 4 is 22.9 Å². The first kappa shape index (κ1) is 27.8. The third-order valence-corrected chi connectivity index (χ3v) is 8.63. The molecule has 2 unspecified atom stereocenters. The summed E-state index contributed by atoms with van der Waals surface area (Å²) in [6, 6.07) is 18.1. The Morgan fingerprint density at radius 1 is 0.977 bits per heavy atom. The van der Waals surface area contributed by atoms with Crippen molar-refractivity contribution in [2.24, 2.45) is 0 Å². The number of aromatic nitrogens is 4. The number of aliphatic hydroxyl groups excluding tert-OH is 1. The van der Waals surface area contributed by atoms with Gasteiger partial charge in [-0.05, 0) is 55.5 Å². The molecule has 7 rings (SSSR count). The van der Waals surface area contributed by atoms with E-state index in [9.17, 15) is 4.79 Å². The molecule has 3 aliphatic heterocycles. The van der Waals surface area contributed by atoms with E-state index in [0.717, 1.165) is 80.8 Å². The van der Waals surface area contributed by atoms with Crippen LogP contribution in [0.2, 0.25) is 0 Å². The molecule has 2 atom stereocenters. The third-order valence-electron chi connectivity index (χ3n) is 8.63. The molecular weight excluding hydrogens is 546 g/mol. The lowest BCUT2D eigenvalue weighted by Crippen LogP contribution is -2.43. The molecule has 43 heavy (non-hydrogen) atoms. The number of likely N-dealkylation sites (tertiary alicyclic amines) is 1. The number of rotatable bonds is 8. The van der Waals surface area contributed by atoms with Crippen molar-refractivity contribution < 1.29 is 19.4 Å². The number of fused-ring (bicyclic) bond motifs is 3. The molecule has 0 saturated carbocycles. The van der Waals surface area contributed by atoms with Gasteiger partial charge in [0.2, 0.25) is 0 Å². The van der Waals surface area contributed by atoms with Gasteiger partial charge in [0.05, 0.1) is 36.4 Å². The van der Waals surface area contributed by atoms with Crippen molar-refractivity contribution in [1.82, 2.24) is 30.0 Å². The van der Waals surface area contributed by atoms with Crippen molar-refractivity contribution in [3.8, 4) is 17.1 Å². The predicted octanol–water partition coefficient (Wildman–Crippen LogP) is 3.78. The first-order valence-electron chi connectivity index (χ1n) is 15.2. The van der Waals surface area contributed by atoms with Gasteiger partial charge in [0.15, 0.2) is 11.5 Å². The van der Waals surface area contributed by atoms with Crippen molar-refractivity contribution in [3.63, 3.8) is 0 Å². The highest BCUT2D eigenvalue weighted by Gasteiger charge is 2.36. The van der Waals surface area contributed by atoms with Gasteiger partial charge in [-0.15, -0.1) is 0 Å². The van der Waals surface area contributed by atoms with Crippen LogP contribution >= 0.6 is 0 Å². The van der Waals surface area contributed by atoms with Gasteiger partial charge >= 0.3 is 6.09 Å². The number of anilines is 1. The summed E-state index contributed by atoms with van der Waals surface area (Å²) < 4.78 is 13.6. The zero-order valence-electron chi connectivity index (χ0n) is 24.1. The average Bonchev–Trinajstić information content (AvgIpc) is 3.62. The first-order valence-corrected chi connectivity index (χ1v) is 15.2. The highest BCUT2D eigenvalue weighted by molar-refractivity contribution is 5.89. The molecular formula is C32H37N7O4. The molecule has 224 valence electrons. The summed E-state index contributed by atoms with van der Waals surface area (Å²) in [7, 11) is 0. The molecule has 2 aromatic heterocycles. The van der Waals surface area contributed by atoms with Gasteiger partial charge in [-0.2, -0.15) is 5.10 Å². The van der Waals surface area contributed by atoms with Crippen LogP contribution in [0.25, 0.3) is 22.4 Å². The van der Waals surface area contributed by atoms with Crippen molar-refractivity contribution in [2.45, 2.75) is 50.5 Å². The molecule has 0 spiro atoms. The zero-order valence-corrected chi connectivity index (χ0v) is 24.1. The number of hydrogen-bond donors (Lipinski definition) is 2. The van der Waals surface area contributed by atoms with E-state index in [-0.39, 0.29) is 31.4 Å². The van der Waals surface area contributed by atoms with E-state index in [0.29, 0.717) is 11.6 Å². The van der Waals surface area contributed by atoms with Gasteiger partial charge in [-0.3, -0.25) is 4.90 Å². The molecule has 5 heterocycles. The number of nitrogens with one attached hydrogen (secondary N) is 1. The number of hydrogen-bond acceptors (Lipinski definition) is 9. The van der Waals surface area contributed by atoms with Crippen molar-refractivity contribution in [1.29, 1.82) is 0 Å². The molecule has 1 amide bonds. The minimum atomic E-state index is -0.609. The van der Waals surface area contributed by atoms with E-state index in [4.69, 9.17) is 29.6 Å². The Hall–Kier alpha value is -4.06. The lowest BCUT2D eigenvalue weighted by Gasteiger charge is -2.33. The van der Waals surface area contributed by atoms with Crippen LogP contribution in [-0.2, 0) is 11.3 Å². The van der Waals surface area contributed by atoms with Crippen LogP contribution in [0, 0.1) is 0 Å². The number of morpholine rings is 1. The fraction of sp³-hybridized carbons (Fsp3) is 0.438. The Labute approximate surface area is 250 Å². The highest BCUT2D eigenvalue weighted by Crippen LogP contribution is 2.35. The van der Waals surface area contributed by atoms with Crippen LogP contribution in [0.5, 0.6) is 5.75 Å². The maximum Gasteiger partial charge on any atom is 0.412 e. The molecule has 4 aromatic rings. The highest BCUT2D eigenvalue weighted by atomic mass is 16.6. The van der Waals surface area contributed by atoms with Crippen LogP contribution in [0.4, 0.5) is 10.6 Å². The molecule has 0 radical (unpaired) electrons. The normalized spacial score (nSPS) is 20.9. The number of nitrogens with zero attached hydrogens (tertiary/aromatic N) is 6. The SMILES string of the molecule is O=C(NCCO)Oc1ccc(-c2nc(N3CC4CCC(C3)O4)c3cnn(C4CCN(Cc5ccccc5)CC4)c3n2)cc1. The van der Waals surface area contributed by atoms with Gasteiger partial charge in [-0.25, -0.2) is 19.4 Å². The second kappa shape index (κ2) is 12.3. The summed E-state index contributed by atoms with van der Waals surface area (Å²) in [4.78, 5) is 26.9. The summed E-state index contributed by atoms with van der Waals surface area (Å²) in [5.41, 5.74) is 3.02. The largest absolute Gasteiger partial charge is 0.412 e. The van der Waals surface area contributed by atoms with E-state index in [1.165, 1.54) is 5.56 Å². The third kappa shape index (κ3) is 6.06. The number of ether oxygens (including phenoxy) is 2. The zero-order chi connectivity index (χ0) is 29.2. The van der Waals surface area contributed by atoms with Crippen LogP contribution in [0.1, 0.15) is 37.3 Å². The van der Waals surface area contributed by atoms with Gasteiger partial charge in [0.1, 0.15) is 11.6 Å². The van der Waals surface area contributed by atoms with Crippen LogP contribution in [0.3, 0.4) is 0 Å². The molecule has 3 aliphatic rings. The predicted molar refractivity (Wildman–Crippen MR) is 162 cm³/mol. The van der Waals surface area contributed by atoms with Gasteiger partial charge in [0.25, 0.3) is 0 Å².